The molecule has 0 aromatic heterocycles. The topological polar surface area (TPSA) is 72.2 Å². The number of alkyl halides is 3. The Labute approximate surface area is 116 Å². The summed E-state index contributed by atoms with van der Waals surface area (Å²) in [6, 6.07) is 3.02. The Morgan fingerprint density at radius 3 is 2.20 bits per heavy atom. The lowest BCUT2D eigenvalue weighted by Gasteiger charge is -2.21. The number of halogens is 3. The van der Waals surface area contributed by atoms with Crippen LogP contribution in [0.25, 0.3) is 0 Å². The van der Waals surface area contributed by atoms with E-state index < -0.39 is 32.0 Å². The molecular formula is C12H17F3N2O2S. The van der Waals surface area contributed by atoms with Crippen molar-refractivity contribution in [3.8, 4) is 0 Å². The number of rotatable bonds is 4. The Balaban J connectivity index is 3.23. The predicted octanol–water partition coefficient (Wildman–Crippen LogP) is 2.26. The van der Waals surface area contributed by atoms with Crippen molar-refractivity contribution in [3.63, 3.8) is 0 Å². The maximum atomic E-state index is 12.9. The van der Waals surface area contributed by atoms with E-state index in [1.807, 2.05) is 0 Å². The Morgan fingerprint density at radius 2 is 1.80 bits per heavy atom. The number of nitrogens with one attached hydrogen (secondary N) is 1. The molecule has 0 heterocycles. The van der Waals surface area contributed by atoms with E-state index in [0.717, 1.165) is 18.4 Å². The number of nitrogens with two attached hydrogens (primary N) is 1. The summed E-state index contributed by atoms with van der Waals surface area (Å²) in [5.74, 6) is 0. The van der Waals surface area contributed by atoms with Crippen LogP contribution in [-0.4, -0.2) is 26.8 Å². The van der Waals surface area contributed by atoms with Gasteiger partial charge in [0.1, 0.15) is 0 Å². The SMILES string of the molecule is CC(C)(N)CNc1ccc(S(C)(=O)=O)c(C(F)(F)F)c1. The summed E-state index contributed by atoms with van der Waals surface area (Å²) in [6.07, 6.45) is -4.00. The molecule has 1 rings (SSSR count). The van der Waals surface area contributed by atoms with Crippen molar-refractivity contribution >= 4 is 15.5 Å². The van der Waals surface area contributed by atoms with Crippen LogP contribution in [0.1, 0.15) is 19.4 Å². The molecule has 0 fully saturated rings. The van der Waals surface area contributed by atoms with Gasteiger partial charge in [-0.3, -0.25) is 0 Å². The Bertz CT molecular complexity index is 590. The van der Waals surface area contributed by atoms with E-state index in [0.29, 0.717) is 0 Å². The van der Waals surface area contributed by atoms with Gasteiger partial charge in [-0.25, -0.2) is 8.42 Å². The van der Waals surface area contributed by atoms with Gasteiger partial charge >= 0.3 is 6.18 Å². The maximum Gasteiger partial charge on any atom is 0.417 e. The van der Waals surface area contributed by atoms with E-state index in [-0.39, 0.29) is 12.2 Å². The third-order valence-electron chi connectivity index (χ3n) is 2.43. The minimum atomic E-state index is -4.74. The second kappa shape index (κ2) is 5.25. The van der Waals surface area contributed by atoms with Crippen LogP contribution < -0.4 is 11.1 Å². The highest BCUT2D eigenvalue weighted by Crippen LogP contribution is 2.35. The second-order valence-electron chi connectivity index (χ2n) is 5.32. The van der Waals surface area contributed by atoms with Gasteiger partial charge in [0.15, 0.2) is 9.84 Å². The van der Waals surface area contributed by atoms with Crippen LogP contribution in [0.2, 0.25) is 0 Å². The highest BCUT2D eigenvalue weighted by Gasteiger charge is 2.36. The molecule has 0 aliphatic heterocycles. The number of sulfone groups is 1. The molecule has 0 spiro atoms. The molecule has 0 amide bonds. The molecule has 0 atom stereocenters. The minimum Gasteiger partial charge on any atom is -0.383 e. The number of anilines is 1. The monoisotopic (exact) mass is 310 g/mol. The zero-order chi connectivity index (χ0) is 15.8. The second-order valence-corrected chi connectivity index (χ2v) is 7.31. The van der Waals surface area contributed by atoms with Gasteiger partial charge in [-0.05, 0) is 32.0 Å². The van der Waals surface area contributed by atoms with Crippen LogP contribution >= 0.6 is 0 Å². The number of hydrogen-bond donors (Lipinski definition) is 2. The lowest BCUT2D eigenvalue weighted by atomic mass is 10.1. The minimum absolute atomic E-state index is 0.170. The molecule has 4 nitrogen and oxygen atoms in total. The molecule has 1 aromatic rings. The largest absolute Gasteiger partial charge is 0.417 e. The Kier molecular flexibility index (Phi) is 4.40. The van der Waals surface area contributed by atoms with Gasteiger partial charge in [-0.2, -0.15) is 13.2 Å². The van der Waals surface area contributed by atoms with Gasteiger partial charge < -0.3 is 11.1 Å². The van der Waals surface area contributed by atoms with Crippen molar-refractivity contribution in [3.05, 3.63) is 23.8 Å². The average Bonchev–Trinajstić information content (AvgIpc) is 2.22. The van der Waals surface area contributed by atoms with Crippen molar-refractivity contribution in [2.24, 2.45) is 5.73 Å². The zero-order valence-electron chi connectivity index (χ0n) is 11.4. The van der Waals surface area contributed by atoms with Gasteiger partial charge in [-0.15, -0.1) is 0 Å². The van der Waals surface area contributed by atoms with E-state index in [2.05, 4.69) is 5.32 Å². The van der Waals surface area contributed by atoms with Gasteiger partial charge in [-0.1, -0.05) is 0 Å². The molecular weight excluding hydrogens is 293 g/mol. The molecule has 0 aliphatic carbocycles. The fraction of sp³-hybridized carbons (Fsp3) is 0.500. The first-order valence-electron chi connectivity index (χ1n) is 5.75. The van der Waals surface area contributed by atoms with Crippen LogP contribution in [0.3, 0.4) is 0 Å². The first-order valence-corrected chi connectivity index (χ1v) is 7.64. The molecule has 0 aliphatic rings. The third kappa shape index (κ3) is 4.68. The van der Waals surface area contributed by atoms with Crippen molar-refractivity contribution in [2.75, 3.05) is 18.1 Å². The Morgan fingerprint density at radius 1 is 1.25 bits per heavy atom. The first kappa shape index (κ1) is 16.8. The zero-order valence-corrected chi connectivity index (χ0v) is 12.2. The van der Waals surface area contributed by atoms with Gasteiger partial charge in [0.2, 0.25) is 0 Å². The molecule has 114 valence electrons. The molecule has 0 saturated carbocycles. The maximum absolute atomic E-state index is 12.9. The van der Waals surface area contributed by atoms with E-state index in [9.17, 15) is 21.6 Å². The normalized spacial score (nSPS) is 13.3. The third-order valence-corrected chi connectivity index (χ3v) is 3.59. The van der Waals surface area contributed by atoms with Gasteiger partial charge in [0.25, 0.3) is 0 Å². The summed E-state index contributed by atoms with van der Waals surface area (Å²) in [5, 5.41) is 2.76. The van der Waals surface area contributed by atoms with E-state index in [4.69, 9.17) is 5.73 Å². The molecule has 20 heavy (non-hydrogen) atoms. The van der Waals surface area contributed by atoms with E-state index in [1.165, 1.54) is 6.07 Å². The fourth-order valence-corrected chi connectivity index (χ4v) is 2.40. The number of hydrogen-bond acceptors (Lipinski definition) is 4. The van der Waals surface area contributed by atoms with Crippen molar-refractivity contribution in [1.82, 2.24) is 0 Å². The highest BCUT2D eigenvalue weighted by molar-refractivity contribution is 7.90. The van der Waals surface area contributed by atoms with Crippen LogP contribution in [0.4, 0.5) is 18.9 Å². The Hall–Kier alpha value is -1.28. The highest BCUT2D eigenvalue weighted by atomic mass is 32.2. The van der Waals surface area contributed by atoms with Crippen molar-refractivity contribution < 1.29 is 21.6 Å². The first-order chi connectivity index (χ1) is 8.81. The molecule has 0 bridgehead atoms. The summed E-state index contributed by atoms with van der Waals surface area (Å²) in [7, 11) is -3.95. The summed E-state index contributed by atoms with van der Waals surface area (Å²) < 4.78 is 61.5. The predicted molar refractivity (Wildman–Crippen MR) is 71.3 cm³/mol. The molecule has 0 radical (unpaired) electrons. The summed E-state index contributed by atoms with van der Waals surface area (Å²) in [6.45, 7) is 3.69. The average molecular weight is 310 g/mol. The van der Waals surface area contributed by atoms with Crippen LogP contribution in [0.15, 0.2) is 23.1 Å². The standard InChI is InChI=1S/C12H17F3N2O2S/c1-11(2,16)7-17-8-4-5-10(20(3,18)19)9(6-8)12(13,14)15/h4-6,17H,7,16H2,1-3H3. The molecule has 3 N–H and O–H groups in total. The summed E-state index contributed by atoms with van der Waals surface area (Å²) >= 11 is 0. The molecule has 0 unspecified atom stereocenters. The fourth-order valence-electron chi connectivity index (χ4n) is 1.51. The molecule has 8 heteroatoms. The van der Waals surface area contributed by atoms with Gasteiger partial charge in [0, 0.05) is 24.0 Å². The van der Waals surface area contributed by atoms with Crippen LogP contribution in [-0.2, 0) is 16.0 Å². The van der Waals surface area contributed by atoms with Crippen molar-refractivity contribution in [1.29, 1.82) is 0 Å². The summed E-state index contributed by atoms with van der Waals surface area (Å²) in [4.78, 5) is -0.734. The lowest BCUT2D eigenvalue weighted by Crippen LogP contribution is -2.39. The summed E-state index contributed by atoms with van der Waals surface area (Å²) in [5.41, 5.74) is 4.11. The van der Waals surface area contributed by atoms with Gasteiger partial charge in [0.05, 0.1) is 10.5 Å². The van der Waals surface area contributed by atoms with Crippen LogP contribution in [0.5, 0.6) is 0 Å². The molecule has 1 aromatic carbocycles. The van der Waals surface area contributed by atoms with E-state index in [1.54, 1.807) is 13.8 Å². The quantitative estimate of drug-likeness (QED) is 0.895. The van der Waals surface area contributed by atoms with Crippen LogP contribution in [0, 0.1) is 0 Å². The van der Waals surface area contributed by atoms with E-state index >= 15 is 0 Å². The molecule has 0 saturated heterocycles. The lowest BCUT2D eigenvalue weighted by molar-refractivity contribution is -0.139. The smallest absolute Gasteiger partial charge is 0.383 e. The number of benzene rings is 1. The van der Waals surface area contributed by atoms with Crippen molar-refractivity contribution in [2.45, 2.75) is 30.5 Å².